The van der Waals surface area contributed by atoms with E-state index in [1.807, 2.05) is 0 Å². The van der Waals surface area contributed by atoms with Crippen molar-refractivity contribution in [2.75, 3.05) is 12.3 Å². The highest BCUT2D eigenvalue weighted by molar-refractivity contribution is 7.58. The maximum atomic E-state index is 1.62. The fraction of sp³-hybridized carbons (Fsp3) is 1.00. The van der Waals surface area contributed by atoms with Gasteiger partial charge in [0, 0.05) is 0 Å². The SMILES string of the molecule is C1CCCP2CCCC2CC1. The van der Waals surface area contributed by atoms with Crippen molar-refractivity contribution in [2.45, 2.75) is 50.6 Å². The van der Waals surface area contributed by atoms with Crippen molar-refractivity contribution in [2.24, 2.45) is 0 Å². The molecule has 0 saturated carbocycles. The standard InChI is InChI=1S/C10H19P/c1-2-4-8-11-9-5-7-10(11)6-3-1/h10H,1-9H2. The topological polar surface area (TPSA) is 0 Å². The summed E-state index contributed by atoms with van der Waals surface area (Å²) in [6, 6.07) is 0. The van der Waals surface area contributed by atoms with Crippen LogP contribution in [0.15, 0.2) is 0 Å². The lowest BCUT2D eigenvalue weighted by Gasteiger charge is -2.22. The van der Waals surface area contributed by atoms with Crippen LogP contribution >= 0.6 is 7.92 Å². The Morgan fingerprint density at radius 3 is 2.45 bits per heavy atom. The van der Waals surface area contributed by atoms with Crippen molar-refractivity contribution in [1.82, 2.24) is 0 Å². The molecule has 2 rings (SSSR count). The third-order valence-corrected chi connectivity index (χ3v) is 6.56. The normalized spacial score (nSPS) is 39.3. The molecule has 0 spiro atoms. The van der Waals surface area contributed by atoms with Gasteiger partial charge >= 0.3 is 0 Å². The predicted octanol–water partition coefficient (Wildman–Crippen LogP) is 3.59. The van der Waals surface area contributed by atoms with Gasteiger partial charge in [0.25, 0.3) is 0 Å². The third-order valence-electron chi connectivity index (χ3n) is 3.23. The van der Waals surface area contributed by atoms with Crippen LogP contribution < -0.4 is 0 Å². The highest BCUT2D eigenvalue weighted by atomic mass is 31.1. The number of rotatable bonds is 0. The molecule has 11 heavy (non-hydrogen) atoms. The molecule has 0 aliphatic carbocycles. The second-order valence-corrected chi connectivity index (χ2v) is 6.84. The van der Waals surface area contributed by atoms with E-state index in [0.717, 1.165) is 0 Å². The Balaban J connectivity index is 1.89. The molecular weight excluding hydrogens is 151 g/mol. The fourth-order valence-corrected chi connectivity index (χ4v) is 5.83. The molecule has 64 valence electrons. The zero-order valence-corrected chi connectivity index (χ0v) is 8.28. The van der Waals surface area contributed by atoms with Gasteiger partial charge in [-0.05, 0) is 43.7 Å². The van der Waals surface area contributed by atoms with Gasteiger partial charge in [-0.2, -0.15) is 0 Å². The molecule has 2 unspecified atom stereocenters. The van der Waals surface area contributed by atoms with E-state index in [2.05, 4.69) is 0 Å². The lowest BCUT2D eigenvalue weighted by Crippen LogP contribution is -2.04. The van der Waals surface area contributed by atoms with Crippen LogP contribution in [0, 0.1) is 0 Å². The van der Waals surface area contributed by atoms with E-state index in [9.17, 15) is 0 Å². The Bertz CT molecular complexity index is 108. The minimum atomic E-state index is 0.537. The summed E-state index contributed by atoms with van der Waals surface area (Å²) in [7, 11) is 0.537. The van der Waals surface area contributed by atoms with Crippen LogP contribution in [-0.4, -0.2) is 18.0 Å². The van der Waals surface area contributed by atoms with Crippen LogP contribution in [0.1, 0.15) is 44.9 Å². The minimum Gasteiger partial charge on any atom is -0.104 e. The molecule has 2 heterocycles. The van der Waals surface area contributed by atoms with E-state index in [4.69, 9.17) is 0 Å². The molecule has 0 radical (unpaired) electrons. The molecule has 0 aromatic carbocycles. The number of fused-ring (bicyclic) bond motifs is 1. The second-order valence-electron chi connectivity index (χ2n) is 4.03. The smallest absolute Gasteiger partial charge is 0.0209 e. The first-order valence-electron chi connectivity index (χ1n) is 5.21. The van der Waals surface area contributed by atoms with Gasteiger partial charge in [0.1, 0.15) is 0 Å². The van der Waals surface area contributed by atoms with Crippen LogP contribution in [0.5, 0.6) is 0 Å². The Labute approximate surface area is 71.5 Å². The Hall–Kier alpha value is 0.430. The monoisotopic (exact) mass is 170 g/mol. The van der Waals surface area contributed by atoms with E-state index in [1.54, 1.807) is 44.4 Å². The minimum absolute atomic E-state index is 0.537. The van der Waals surface area contributed by atoms with Gasteiger partial charge in [0.15, 0.2) is 0 Å². The summed E-state index contributed by atoms with van der Waals surface area (Å²) in [6.07, 6.45) is 14.2. The van der Waals surface area contributed by atoms with Crippen LogP contribution in [0.25, 0.3) is 0 Å². The van der Waals surface area contributed by atoms with Gasteiger partial charge in [0.05, 0.1) is 0 Å². The largest absolute Gasteiger partial charge is 0.104 e. The van der Waals surface area contributed by atoms with Crippen molar-refractivity contribution in [3.05, 3.63) is 0 Å². The van der Waals surface area contributed by atoms with Crippen molar-refractivity contribution >= 4 is 7.92 Å². The molecule has 0 bridgehead atoms. The average Bonchev–Trinajstić information content (AvgIpc) is 2.35. The first-order valence-corrected chi connectivity index (χ1v) is 6.99. The number of hydrogen-bond donors (Lipinski definition) is 0. The average molecular weight is 170 g/mol. The first-order chi connectivity index (χ1) is 5.47. The summed E-state index contributed by atoms with van der Waals surface area (Å²) in [5.41, 5.74) is 1.21. The van der Waals surface area contributed by atoms with Gasteiger partial charge in [0.2, 0.25) is 0 Å². The molecule has 1 heteroatoms. The molecular formula is C10H19P. The molecule has 0 N–H and O–H groups in total. The highest BCUT2D eigenvalue weighted by Crippen LogP contribution is 2.53. The second kappa shape index (κ2) is 3.90. The predicted molar refractivity (Wildman–Crippen MR) is 52.8 cm³/mol. The van der Waals surface area contributed by atoms with E-state index < -0.39 is 0 Å². The molecule has 2 aliphatic heterocycles. The molecule has 2 fully saturated rings. The fourth-order valence-electron chi connectivity index (χ4n) is 2.56. The Morgan fingerprint density at radius 2 is 1.45 bits per heavy atom. The summed E-state index contributed by atoms with van der Waals surface area (Å²) in [4.78, 5) is 0. The molecule has 2 atom stereocenters. The Morgan fingerprint density at radius 1 is 0.727 bits per heavy atom. The van der Waals surface area contributed by atoms with Crippen molar-refractivity contribution in [3.63, 3.8) is 0 Å². The molecule has 2 saturated heterocycles. The van der Waals surface area contributed by atoms with E-state index in [1.165, 1.54) is 18.5 Å². The summed E-state index contributed by atoms with van der Waals surface area (Å²) in [5.74, 6) is 0. The van der Waals surface area contributed by atoms with Gasteiger partial charge in [-0.15, -0.1) is 7.92 Å². The summed E-state index contributed by atoms with van der Waals surface area (Å²) < 4.78 is 0. The molecule has 2 aliphatic rings. The molecule has 0 nitrogen and oxygen atoms in total. The van der Waals surface area contributed by atoms with Crippen LogP contribution in [0.2, 0.25) is 0 Å². The zero-order chi connectivity index (χ0) is 7.52. The first kappa shape index (κ1) is 8.05. The van der Waals surface area contributed by atoms with Crippen LogP contribution in [0.3, 0.4) is 0 Å². The Kier molecular flexibility index (Phi) is 2.85. The highest BCUT2D eigenvalue weighted by Gasteiger charge is 2.26. The summed E-state index contributed by atoms with van der Waals surface area (Å²) in [5, 5.41) is 0. The number of hydrogen-bond acceptors (Lipinski definition) is 0. The third kappa shape index (κ3) is 1.96. The maximum absolute atomic E-state index is 1.62. The van der Waals surface area contributed by atoms with E-state index in [0.29, 0.717) is 7.92 Å². The lowest BCUT2D eigenvalue weighted by molar-refractivity contribution is 0.593. The van der Waals surface area contributed by atoms with Crippen molar-refractivity contribution in [3.8, 4) is 0 Å². The van der Waals surface area contributed by atoms with Gasteiger partial charge < -0.3 is 0 Å². The summed E-state index contributed by atoms with van der Waals surface area (Å²) in [6.45, 7) is 0. The van der Waals surface area contributed by atoms with Crippen LogP contribution in [-0.2, 0) is 0 Å². The molecule has 0 aromatic rings. The molecule has 0 amide bonds. The summed E-state index contributed by atoms with van der Waals surface area (Å²) >= 11 is 0. The van der Waals surface area contributed by atoms with Gasteiger partial charge in [-0.1, -0.05) is 19.3 Å². The van der Waals surface area contributed by atoms with Crippen LogP contribution in [0.4, 0.5) is 0 Å². The van der Waals surface area contributed by atoms with E-state index >= 15 is 0 Å². The van der Waals surface area contributed by atoms with Crippen molar-refractivity contribution < 1.29 is 0 Å². The van der Waals surface area contributed by atoms with Gasteiger partial charge in [-0.3, -0.25) is 0 Å². The van der Waals surface area contributed by atoms with Gasteiger partial charge in [-0.25, -0.2) is 0 Å². The maximum Gasteiger partial charge on any atom is -0.0209 e. The molecule has 0 aromatic heterocycles. The lowest BCUT2D eigenvalue weighted by atomic mass is 10.1. The van der Waals surface area contributed by atoms with Crippen molar-refractivity contribution in [1.29, 1.82) is 0 Å². The quantitative estimate of drug-likeness (QED) is 0.487. The zero-order valence-electron chi connectivity index (χ0n) is 7.39. The van der Waals surface area contributed by atoms with E-state index in [-0.39, 0.29) is 0 Å².